The second kappa shape index (κ2) is 7.51. The molecule has 2 aromatic rings. The molecule has 1 aliphatic heterocycles. The lowest BCUT2D eigenvalue weighted by molar-refractivity contribution is -0.137. The molecule has 26 heavy (non-hydrogen) atoms. The van der Waals surface area contributed by atoms with Crippen LogP contribution in [0.1, 0.15) is 48.4 Å². The molecule has 0 bridgehead atoms. The van der Waals surface area contributed by atoms with E-state index in [0.29, 0.717) is 19.4 Å². The fourth-order valence-electron chi connectivity index (χ4n) is 3.44. The quantitative estimate of drug-likeness (QED) is 0.817. The number of nitrogens with zero attached hydrogens (tertiary/aromatic N) is 3. The first-order chi connectivity index (χ1) is 12.3. The van der Waals surface area contributed by atoms with Crippen LogP contribution in [-0.4, -0.2) is 27.1 Å². The topological polar surface area (TPSA) is 38.1 Å². The molecule has 1 aliphatic rings. The maximum atomic E-state index is 12.7. The van der Waals surface area contributed by atoms with E-state index >= 15 is 0 Å². The van der Waals surface area contributed by atoms with Gasteiger partial charge < -0.3 is 4.90 Å². The highest BCUT2D eigenvalue weighted by Gasteiger charge is 2.30. The van der Waals surface area contributed by atoms with Crippen LogP contribution < -0.4 is 0 Å². The van der Waals surface area contributed by atoms with Gasteiger partial charge in [0.1, 0.15) is 0 Å². The highest BCUT2D eigenvalue weighted by atomic mass is 19.4. The summed E-state index contributed by atoms with van der Waals surface area (Å²) in [6.45, 7) is 0.714. The summed E-state index contributed by atoms with van der Waals surface area (Å²) in [7, 11) is 1.85. The summed E-state index contributed by atoms with van der Waals surface area (Å²) < 4.78 is 39.6. The number of likely N-dealkylation sites (tertiary alicyclic amines) is 1. The fraction of sp³-hybridized carbons (Fsp3) is 0.474. The van der Waals surface area contributed by atoms with Crippen molar-refractivity contribution in [2.75, 3.05) is 6.54 Å². The summed E-state index contributed by atoms with van der Waals surface area (Å²) in [5.41, 5.74) is 1.11. The second-order valence-corrected chi connectivity index (χ2v) is 6.74. The van der Waals surface area contributed by atoms with Crippen LogP contribution in [0.15, 0.2) is 36.7 Å². The number of halogens is 3. The van der Waals surface area contributed by atoms with Crippen LogP contribution in [0.4, 0.5) is 13.2 Å². The molecule has 1 atom stereocenters. The third-order valence-corrected chi connectivity index (χ3v) is 4.84. The summed E-state index contributed by atoms with van der Waals surface area (Å²) >= 11 is 0. The van der Waals surface area contributed by atoms with Gasteiger partial charge >= 0.3 is 6.18 Å². The van der Waals surface area contributed by atoms with E-state index in [4.69, 9.17) is 0 Å². The van der Waals surface area contributed by atoms with Gasteiger partial charge in [-0.3, -0.25) is 9.48 Å². The lowest BCUT2D eigenvalue weighted by Crippen LogP contribution is -2.38. The Morgan fingerprint density at radius 3 is 2.58 bits per heavy atom. The number of alkyl halides is 3. The van der Waals surface area contributed by atoms with Crippen LogP contribution >= 0.6 is 0 Å². The largest absolute Gasteiger partial charge is 0.416 e. The molecule has 1 saturated heterocycles. The third kappa shape index (κ3) is 4.26. The van der Waals surface area contributed by atoms with Crippen LogP contribution in [0.25, 0.3) is 0 Å². The van der Waals surface area contributed by atoms with Crippen LogP contribution in [0, 0.1) is 0 Å². The molecule has 1 aromatic heterocycles. The van der Waals surface area contributed by atoms with Crippen LogP contribution in [-0.2, 0) is 24.4 Å². The van der Waals surface area contributed by atoms with E-state index in [2.05, 4.69) is 5.10 Å². The second-order valence-electron chi connectivity index (χ2n) is 6.74. The Morgan fingerprint density at radius 2 is 1.96 bits per heavy atom. The number of rotatable bonds is 4. The van der Waals surface area contributed by atoms with E-state index < -0.39 is 11.7 Å². The number of hydrogen-bond donors (Lipinski definition) is 0. The van der Waals surface area contributed by atoms with E-state index in [-0.39, 0.29) is 11.9 Å². The summed E-state index contributed by atoms with van der Waals surface area (Å²) in [6, 6.07) is 5.08. The van der Waals surface area contributed by atoms with E-state index in [1.165, 1.54) is 12.1 Å². The number of carbonyl (C=O) groups is 1. The Hall–Kier alpha value is -2.31. The average Bonchev–Trinajstić information content (AvgIpc) is 3.05. The maximum Gasteiger partial charge on any atom is 0.416 e. The minimum Gasteiger partial charge on any atom is -0.336 e. The van der Waals surface area contributed by atoms with Crippen molar-refractivity contribution in [1.29, 1.82) is 0 Å². The van der Waals surface area contributed by atoms with Gasteiger partial charge in [-0.2, -0.15) is 18.3 Å². The van der Waals surface area contributed by atoms with Gasteiger partial charge in [0.25, 0.3) is 0 Å². The molecule has 1 fully saturated rings. The first-order valence-corrected chi connectivity index (χ1v) is 8.79. The van der Waals surface area contributed by atoms with Crippen LogP contribution in [0.3, 0.4) is 0 Å². The van der Waals surface area contributed by atoms with Crippen molar-refractivity contribution in [2.45, 2.75) is 44.3 Å². The first kappa shape index (κ1) is 18.5. The molecule has 140 valence electrons. The van der Waals surface area contributed by atoms with E-state index in [9.17, 15) is 18.0 Å². The van der Waals surface area contributed by atoms with Gasteiger partial charge in [-0.25, -0.2) is 0 Å². The normalized spacial score (nSPS) is 18.2. The lowest BCUT2D eigenvalue weighted by Gasteiger charge is -2.35. The summed E-state index contributed by atoms with van der Waals surface area (Å²) in [5, 5.41) is 4.19. The molecule has 1 aromatic carbocycles. The monoisotopic (exact) mass is 365 g/mol. The van der Waals surface area contributed by atoms with Crippen molar-refractivity contribution >= 4 is 5.91 Å². The number of aromatic nitrogens is 2. The number of piperidine rings is 1. The maximum absolute atomic E-state index is 12.7. The average molecular weight is 365 g/mol. The van der Waals surface area contributed by atoms with Gasteiger partial charge in [-0.05, 0) is 43.4 Å². The molecule has 3 rings (SSSR count). The molecule has 4 nitrogen and oxygen atoms in total. The number of carbonyl (C=O) groups excluding carboxylic acids is 1. The van der Waals surface area contributed by atoms with E-state index in [0.717, 1.165) is 42.5 Å². The Kier molecular flexibility index (Phi) is 5.34. The van der Waals surface area contributed by atoms with Crippen molar-refractivity contribution in [1.82, 2.24) is 14.7 Å². The molecule has 0 unspecified atom stereocenters. The standard InChI is InChI=1S/C19H22F3N3O/c1-24-13-15(12-23-24)17-4-2-3-11-25(17)18(26)10-7-14-5-8-16(9-6-14)19(20,21)22/h5-6,8-9,12-13,17H,2-4,7,10-11H2,1H3/t17-/m0/s1. The number of aryl methyl sites for hydroxylation is 2. The fourth-order valence-corrected chi connectivity index (χ4v) is 3.44. The Labute approximate surface area is 150 Å². The molecule has 0 saturated carbocycles. The van der Waals surface area contributed by atoms with Gasteiger partial charge in [-0.1, -0.05) is 12.1 Å². The van der Waals surface area contributed by atoms with Crippen molar-refractivity contribution in [3.8, 4) is 0 Å². The lowest BCUT2D eigenvalue weighted by atomic mass is 9.96. The molecule has 0 radical (unpaired) electrons. The minimum absolute atomic E-state index is 0.0394. The number of hydrogen-bond acceptors (Lipinski definition) is 2. The molecule has 0 aliphatic carbocycles. The number of amides is 1. The molecule has 1 amide bonds. The summed E-state index contributed by atoms with van der Waals surface area (Å²) in [6.07, 6.45) is 3.09. The molecular weight excluding hydrogens is 343 g/mol. The summed E-state index contributed by atoms with van der Waals surface area (Å²) in [5.74, 6) is 0.0402. The molecule has 7 heteroatoms. The molecule has 2 heterocycles. The van der Waals surface area contributed by atoms with Crippen LogP contribution in [0.5, 0.6) is 0 Å². The predicted molar refractivity (Wildman–Crippen MR) is 91.3 cm³/mol. The zero-order valence-corrected chi connectivity index (χ0v) is 14.7. The van der Waals surface area contributed by atoms with Crippen molar-refractivity contribution in [3.05, 3.63) is 53.3 Å². The Morgan fingerprint density at radius 1 is 1.23 bits per heavy atom. The SMILES string of the molecule is Cn1cc([C@@H]2CCCCN2C(=O)CCc2ccc(C(F)(F)F)cc2)cn1. The molecular formula is C19H22F3N3O. The zero-order valence-electron chi connectivity index (χ0n) is 14.7. The third-order valence-electron chi connectivity index (χ3n) is 4.84. The smallest absolute Gasteiger partial charge is 0.336 e. The zero-order chi connectivity index (χ0) is 18.7. The van der Waals surface area contributed by atoms with Gasteiger partial charge in [0.2, 0.25) is 5.91 Å². The number of benzene rings is 1. The van der Waals surface area contributed by atoms with Gasteiger partial charge in [0.15, 0.2) is 0 Å². The highest BCUT2D eigenvalue weighted by molar-refractivity contribution is 5.77. The van der Waals surface area contributed by atoms with Crippen molar-refractivity contribution < 1.29 is 18.0 Å². The van der Waals surface area contributed by atoms with Crippen LogP contribution in [0.2, 0.25) is 0 Å². The molecule has 0 spiro atoms. The Bertz CT molecular complexity index is 752. The van der Waals surface area contributed by atoms with Gasteiger partial charge in [-0.15, -0.1) is 0 Å². The molecule has 0 N–H and O–H groups in total. The highest BCUT2D eigenvalue weighted by Crippen LogP contribution is 2.32. The van der Waals surface area contributed by atoms with Crippen molar-refractivity contribution in [3.63, 3.8) is 0 Å². The van der Waals surface area contributed by atoms with Gasteiger partial charge in [0, 0.05) is 31.8 Å². The predicted octanol–water partition coefficient (Wildman–Crippen LogP) is 4.13. The van der Waals surface area contributed by atoms with E-state index in [1.54, 1.807) is 10.9 Å². The van der Waals surface area contributed by atoms with E-state index in [1.807, 2.05) is 18.1 Å². The summed E-state index contributed by atoms with van der Waals surface area (Å²) in [4.78, 5) is 14.6. The Balaban J connectivity index is 1.63. The first-order valence-electron chi connectivity index (χ1n) is 8.79. The van der Waals surface area contributed by atoms with Gasteiger partial charge in [0.05, 0.1) is 17.8 Å². The van der Waals surface area contributed by atoms with Crippen molar-refractivity contribution in [2.24, 2.45) is 7.05 Å². The minimum atomic E-state index is -4.33.